The molecule has 23 heavy (non-hydrogen) atoms. The third kappa shape index (κ3) is 3.86. The molecule has 0 atom stereocenters. The van der Waals surface area contributed by atoms with Crippen molar-refractivity contribution in [2.24, 2.45) is 0 Å². The average Bonchev–Trinajstić information content (AvgIpc) is 3.04. The van der Waals surface area contributed by atoms with Crippen molar-refractivity contribution in [2.75, 3.05) is 24.7 Å². The lowest BCUT2D eigenvalue weighted by molar-refractivity contribution is -0.170. The van der Waals surface area contributed by atoms with Crippen LogP contribution in [0.2, 0.25) is 0 Å². The zero-order valence-corrected chi connectivity index (χ0v) is 13.7. The smallest absolute Gasteiger partial charge is 0.195 e. The van der Waals surface area contributed by atoms with Gasteiger partial charge in [0.1, 0.15) is 5.82 Å². The molecule has 1 fully saturated rings. The Kier molecular flexibility index (Phi) is 5.20. The standard InChI is InChI=1S/C18H20FNO2S/c19-15-8-6-14(7-9-15)18(21-11-12-22-18)10-3-13-23-17-5-2-1-4-16(17)20/h1-2,4-9H,3,10-13,20H2. The highest BCUT2D eigenvalue weighted by Gasteiger charge is 2.37. The van der Waals surface area contributed by atoms with Gasteiger partial charge in [0.2, 0.25) is 0 Å². The molecule has 0 unspecified atom stereocenters. The molecule has 0 amide bonds. The number of ether oxygens (including phenoxy) is 2. The number of hydrogen-bond acceptors (Lipinski definition) is 4. The molecule has 1 saturated heterocycles. The van der Waals surface area contributed by atoms with Crippen LogP contribution in [0.25, 0.3) is 0 Å². The Bertz CT molecular complexity index is 642. The van der Waals surface area contributed by atoms with Gasteiger partial charge in [0.25, 0.3) is 0 Å². The lowest BCUT2D eigenvalue weighted by Gasteiger charge is -2.28. The number of anilines is 1. The third-order valence-corrected chi connectivity index (χ3v) is 5.04. The maximum atomic E-state index is 13.1. The quantitative estimate of drug-likeness (QED) is 0.489. The molecule has 0 radical (unpaired) electrons. The Morgan fingerprint density at radius 1 is 1.04 bits per heavy atom. The van der Waals surface area contributed by atoms with E-state index in [-0.39, 0.29) is 5.82 Å². The summed E-state index contributed by atoms with van der Waals surface area (Å²) >= 11 is 1.73. The predicted octanol–water partition coefficient (Wildman–Crippen LogP) is 4.18. The number of halogens is 1. The highest BCUT2D eigenvalue weighted by Crippen LogP contribution is 2.37. The van der Waals surface area contributed by atoms with Gasteiger partial charge < -0.3 is 15.2 Å². The molecule has 0 aromatic heterocycles. The van der Waals surface area contributed by atoms with Gasteiger partial charge in [-0.2, -0.15) is 0 Å². The Morgan fingerprint density at radius 3 is 2.43 bits per heavy atom. The minimum absolute atomic E-state index is 0.253. The van der Waals surface area contributed by atoms with Crippen molar-refractivity contribution in [1.29, 1.82) is 0 Å². The first-order valence-corrected chi connectivity index (χ1v) is 8.69. The molecule has 1 aliphatic rings. The minimum Gasteiger partial charge on any atom is -0.398 e. The topological polar surface area (TPSA) is 44.5 Å². The molecule has 0 spiro atoms. The average molecular weight is 333 g/mol. The zero-order valence-electron chi connectivity index (χ0n) is 12.8. The maximum absolute atomic E-state index is 13.1. The SMILES string of the molecule is Nc1ccccc1SCCCC1(c2ccc(F)cc2)OCCO1. The fraction of sp³-hybridized carbons (Fsp3) is 0.333. The van der Waals surface area contributed by atoms with Gasteiger partial charge in [0.05, 0.1) is 13.2 Å². The van der Waals surface area contributed by atoms with Gasteiger partial charge >= 0.3 is 0 Å². The van der Waals surface area contributed by atoms with Gasteiger partial charge in [0, 0.05) is 22.6 Å². The van der Waals surface area contributed by atoms with Crippen LogP contribution in [0.3, 0.4) is 0 Å². The molecule has 2 N–H and O–H groups in total. The van der Waals surface area contributed by atoms with Crippen LogP contribution in [0.15, 0.2) is 53.4 Å². The summed E-state index contributed by atoms with van der Waals surface area (Å²) in [5, 5.41) is 0. The van der Waals surface area contributed by atoms with Crippen LogP contribution < -0.4 is 5.73 Å². The molecule has 2 aromatic rings. The van der Waals surface area contributed by atoms with Gasteiger partial charge in [-0.15, -0.1) is 11.8 Å². The molecule has 3 rings (SSSR count). The number of nitrogen functional groups attached to an aromatic ring is 1. The van der Waals surface area contributed by atoms with Crippen molar-refractivity contribution in [1.82, 2.24) is 0 Å². The van der Waals surface area contributed by atoms with Crippen LogP contribution in [0.5, 0.6) is 0 Å². The van der Waals surface area contributed by atoms with E-state index in [0.717, 1.165) is 34.7 Å². The summed E-state index contributed by atoms with van der Waals surface area (Å²) < 4.78 is 24.9. The number of thioether (sulfide) groups is 1. The van der Waals surface area contributed by atoms with Crippen molar-refractivity contribution >= 4 is 17.4 Å². The Hall–Kier alpha value is -1.56. The van der Waals surface area contributed by atoms with Gasteiger partial charge in [-0.1, -0.05) is 24.3 Å². The van der Waals surface area contributed by atoms with Crippen molar-refractivity contribution in [3.63, 3.8) is 0 Å². The van der Waals surface area contributed by atoms with E-state index in [2.05, 4.69) is 0 Å². The Morgan fingerprint density at radius 2 is 1.74 bits per heavy atom. The lowest BCUT2D eigenvalue weighted by atomic mass is 10.0. The molecule has 0 aliphatic carbocycles. The van der Waals surface area contributed by atoms with E-state index in [1.807, 2.05) is 24.3 Å². The molecule has 0 bridgehead atoms. The van der Waals surface area contributed by atoms with E-state index in [4.69, 9.17) is 15.2 Å². The highest BCUT2D eigenvalue weighted by atomic mass is 32.2. The summed E-state index contributed by atoms with van der Waals surface area (Å²) in [6.07, 6.45) is 1.65. The molecule has 0 saturated carbocycles. The number of hydrogen-bond donors (Lipinski definition) is 1. The fourth-order valence-electron chi connectivity index (χ4n) is 2.71. The summed E-state index contributed by atoms with van der Waals surface area (Å²) in [5.41, 5.74) is 7.63. The van der Waals surface area contributed by atoms with Gasteiger partial charge in [0.15, 0.2) is 5.79 Å². The lowest BCUT2D eigenvalue weighted by Crippen LogP contribution is -2.27. The normalized spacial score (nSPS) is 16.6. The number of rotatable bonds is 6. The number of benzene rings is 2. The van der Waals surface area contributed by atoms with Crippen molar-refractivity contribution in [2.45, 2.75) is 23.5 Å². The first-order chi connectivity index (χ1) is 11.2. The third-order valence-electron chi connectivity index (χ3n) is 3.86. The van der Waals surface area contributed by atoms with Crippen LogP contribution >= 0.6 is 11.8 Å². The summed E-state index contributed by atoms with van der Waals surface area (Å²) in [4.78, 5) is 1.09. The van der Waals surface area contributed by atoms with Crippen LogP contribution in [-0.4, -0.2) is 19.0 Å². The first-order valence-electron chi connectivity index (χ1n) is 7.71. The predicted molar refractivity (Wildman–Crippen MR) is 90.8 cm³/mol. The van der Waals surface area contributed by atoms with Gasteiger partial charge in [-0.05, 0) is 36.4 Å². The highest BCUT2D eigenvalue weighted by molar-refractivity contribution is 7.99. The number of nitrogens with two attached hydrogens (primary N) is 1. The van der Waals surface area contributed by atoms with E-state index in [0.29, 0.717) is 13.2 Å². The monoisotopic (exact) mass is 333 g/mol. The molecule has 122 valence electrons. The molecule has 1 heterocycles. The summed E-state index contributed by atoms with van der Waals surface area (Å²) in [5.74, 6) is -0.0718. The fourth-order valence-corrected chi connectivity index (χ4v) is 3.63. The summed E-state index contributed by atoms with van der Waals surface area (Å²) in [6.45, 7) is 1.13. The zero-order chi connectivity index (χ0) is 16.1. The molecule has 1 aliphatic heterocycles. The maximum Gasteiger partial charge on any atom is 0.195 e. The van der Waals surface area contributed by atoms with E-state index >= 15 is 0 Å². The summed E-state index contributed by atoms with van der Waals surface area (Å²) in [7, 11) is 0. The second kappa shape index (κ2) is 7.34. The first kappa shape index (κ1) is 16.3. The Labute approximate surface area is 140 Å². The largest absolute Gasteiger partial charge is 0.398 e. The van der Waals surface area contributed by atoms with Crippen molar-refractivity contribution in [3.05, 3.63) is 59.9 Å². The van der Waals surface area contributed by atoms with Gasteiger partial charge in [-0.3, -0.25) is 0 Å². The molecular formula is C18H20FNO2S. The molecule has 3 nitrogen and oxygen atoms in total. The molecule has 2 aromatic carbocycles. The number of para-hydroxylation sites is 1. The van der Waals surface area contributed by atoms with E-state index in [1.165, 1.54) is 12.1 Å². The van der Waals surface area contributed by atoms with Crippen LogP contribution in [-0.2, 0) is 15.3 Å². The van der Waals surface area contributed by atoms with E-state index in [9.17, 15) is 4.39 Å². The minimum atomic E-state index is -0.740. The van der Waals surface area contributed by atoms with E-state index < -0.39 is 5.79 Å². The van der Waals surface area contributed by atoms with Crippen LogP contribution in [0, 0.1) is 5.82 Å². The second-order valence-electron chi connectivity index (χ2n) is 5.45. The molecule has 5 heteroatoms. The summed E-state index contributed by atoms with van der Waals surface area (Å²) in [6, 6.07) is 14.2. The molecular weight excluding hydrogens is 313 g/mol. The van der Waals surface area contributed by atoms with Crippen molar-refractivity contribution < 1.29 is 13.9 Å². The van der Waals surface area contributed by atoms with Gasteiger partial charge in [-0.25, -0.2) is 4.39 Å². The van der Waals surface area contributed by atoms with Crippen LogP contribution in [0.1, 0.15) is 18.4 Å². The Balaban J connectivity index is 1.60. The van der Waals surface area contributed by atoms with Crippen LogP contribution in [0.4, 0.5) is 10.1 Å². The second-order valence-corrected chi connectivity index (χ2v) is 6.58. The van der Waals surface area contributed by atoms with Crippen molar-refractivity contribution in [3.8, 4) is 0 Å². The van der Waals surface area contributed by atoms with E-state index in [1.54, 1.807) is 23.9 Å².